The summed E-state index contributed by atoms with van der Waals surface area (Å²) in [7, 11) is 0. The Morgan fingerprint density at radius 1 is 1.40 bits per heavy atom. The quantitative estimate of drug-likeness (QED) is 0.778. The number of aryl methyl sites for hydroxylation is 2. The topological polar surface area (TPSA) is 81.2 Å². The molecular formula is C19H21N3O3. The fourth-order valence-electron chi connectivity index (χ4n) is 3.46. The highest BCUT2D eigenvalue weighted by atomic mass is 16.5. The summed E-state index contributed by atoms with van der Waals surface area (Å²) in [4.78, 5) is 17.5. The predicted molar refractivity (Wildman–Crippen MR) is 92.5 cm³/mol. The van der Waals surface area contributed by atoms with Gasteiger partial charge in [0.15, 0.2) is 0 Å². The lowest BCUT2D eigenvalue weighted by Gasteiger charge is -2.23. The van der Waals surface area contributed by atoms with Gasteiger partial charge in [0.1, 0.15) is 5.76 Å². The smallest absolute Gasteiger partial charge is 0.259 e. The van der Waals surface area contributed by atoms with Crippen molar-refractivity contribution in [1.82, 2.24) is 15.5 Å². The standard InChI is InChI=1S/C19H21N3O3/c1-10(2)15-9-13(17-11(3)22-25-19(17)21-15)18(23)20-14-5-4-6-16-12(14)7-8-24-16/h7-10,14H,4-6H2,1-3H3,(H,20,23). The van der Waals surface area contributed by atoms with Crippen LogP contribution in [0.2, 0.25) is 0 Å². The first-order valence-corrected chi connectivity index (χ1v) is 8.68. The summed E-state index contributed by atoms with van der Waals surface area (Å²) in [5.41, 5.74) is 3.57. The molecule has 3 heterocycles. The van der Waals surface area contributed by atoms with Crippen molar-refractivity contribution in [3.63, 3.8) is 0 Å². The van der Waals surface area contributed by atoms with Crippen LogP contribution < -0.4 is 5.32 Å². The molecule has 6 nitrogen and oxygen atoms in total. The number of pyridine rings is 1. The molecule has 130 valence electrons. The minimum Gasteiger partial charge on any atom is -0.469 e. The Labute approximate surface area is 145 Å². The first-order valence-electron chi connectivity index (χ1n) is 8.68. The van der Waals surface area contributed by atoms with Gasteiger partial charge in [0.05, 0.1) is 28.9 Å². The maximum atomic E-state index is 13.0. The van der Waals surface area contributed by atoms with E-state index in [-0.39, 0.29) is 17.9 Å². The fourth-order valence-corrected chi connectivity index (χ4v) is 3.46. The number of carbonyl (C=O) groups is 1. The third-order valence-electron chi connectivity index (χ3n) is 4.83. The summed E-state index contributed by atoms with van der Waals surface area (Å²) in [6.07, 6.45) is 4.53. The zero-order chi connectivity index (χ0) is 17.6. The van der Waals surface area contributed by atoms with Crippen molar-refractivity contribution in [1.29, 1.82) is 0 Å². The highest BCUT2D eigenvalue weighted by Crippen LogP contribution is 2.31. The Morgan fingerprint density at radius 3 is 3.04 bits per heavy atom. The fraction of sp³-hybridized carbons (Fsp3) is 0.421. The van der Waals surface area contributed by atoms with E-state index < -0.39 is 0 Å². The Morgan fingerprint density at radius 2 is 2.24 bits per heavy atom. The molecule has 0 bridgehead atoms. The van der Waals surface area contributed by atoms with Crippen molar-refractivity contribution < 1.29 is 13.7 Å². The average Bonchev–Trinajstić information content (AvgIpc) is 3.21. The monoisotopic (exact) mass is 339 g/mol. The van der Waals surface area contributed by atoms with Crippen LogP contribution in [0.4, 0.5) is 0 Å². The number of carbonyl (C=O) groups excluding carboxylic acids is 1. The molecule has 0 radical (unpaired) electrons. The van der Waals surface area contributed by atoms with Gasteiger partial charge in [-0.1, -0.05) is 19.0 Å². The molecule has 0 saturated carbocycles. The highest BCUT2D eigenvalue weighted by molar-refractivity contribution is 6.06. The summed E-state index contributed by atoms with van der Waals surface area (Å²) in [5, 5.41) is 7.82. The summed E-state index contributed by atoms with van der Waals surface area (Å²) in [5.74, 6) is 1.04. The van der Waals surface area contributed by atoms with E-state index in [0.717, 1.165) is 36.3 Å². The number of amides is 1. The molecule has 0 fully saturated rings. The van der Waals surface area contributed by atoms with Crippen LogP contribution in [0.25, 0.3) is 11.1 Å². The summed E-state index contributed by atoms with van der Waals surface area (Å²) < 4.78 is 10.8. The Hall–Kier alpha value is -2.63. The molecule has 6 heteroatoms. The van der Waals surface area contributed by atoms with Gasteiger partial charge in [-0.05, 0) is 37.8 Å². The molecule has 25 heavy (non-hydrogen) atoms. The molecule has 0 saturated heterocycles. The number of rotatable bonds is 3. The number of hydrogen-bond acceptors (Lipinski definition) is 5. The number of aromatic nitrogens is 2. The van der Waals surface area contributed by atoms with Gasteiger partial charge in [0.2, 0.25) is 0 Å². The van der Waals surface area contributed by atoms with Crippen LogP contribution in [0.5, 0.6) is 0 Å². The molecule has 1 N–H and O–H groups in total. The lowest BCUT2D eigenvalue weighted by molar-refractivity contribution is 0.0933. The van der Waals surface area contributed by atoms with E-state index >= 15 is 0 Å². The molecule has 1 atom stereocenters. The van der Waals surface area contributed by atoms with Gasteiger partial charge in [-0.2, -0.15) is 0 Å². The van der Waals surface area contributed by atoms with E-state index in [1.807, 2.05) is 32.9 Å². The van der Waals surface area contributed by atoms with Crippen molar-refractivity contribution in [2.75, 3.05) is 0 Å². The van der Waals surface area contributed by atoms with Crippen LogP contribution in [0, 0.1) is 6.92 Å². The maximum absolute atomic E-state index is 13.0. The van der Waals surface area contributed by atoms with Gasteiger partial charge < -0.3 is 14.3 Å². The summed E-state index contributed by atoms with van der Waals surface area (Å²) in [6.45, 7) is 5.91. The van der Waals surface area contributed by atoms with E-state index in [2.05, 4.69) is 15.5 Å². The minimum absolute atomic E-state index is 0.0270. The van der Waals surface area contributed by atoms with E-state index in [1.54, 1.807) is 6.26 Å². The molecule has 1 unspecified atom stereocenters. The SMILES string of the molecule is Cc1noc2nc(C(C)C)cc(C(=O)NC3CCCc4occc43)c12. The minimum atomic E-state index is -0.125. The van der Waals surface area contributed by atoms with Crippen molar-refractivity contribution in [3.05, 3.63) is 46.7 Å². The van der Waals surface area contributed by atoms with E-state index in [9.17, 15) is 4.79 Å². The van der Waals surface area contributed by atoms with Gasteiger partial charge in [0, 0.05) is 17.7 Å². The van der Waals surface area contributed by atoms with Gasteiger partial charge in [-0.3, -0.25) is 4.79 Å². The predicted octanol–water partition coefficient (Wildman–Crippen LogP) is 4.06. The number of nitrogens with one attached hydrogen (secondary N) is 1. The maximum Gasteiger partial charge on any atom is 0.259 e. The molecule has 1 amide bonds. The van der Waals surface area contributed by atoms with Gasteiger partial charge in [-0.15, -0.1) is 0 Å². The van der Waals surface area contributed by atoms with Gasteiger partial charge in [-0.25, -0.2) is 4.98 Å². The normalized spacial score (nSPS) is 17.0. The number of fused-ring (bicyclic) bond motifs is 2. The highest BCUT2D eigenvalue weighted by Gasteiger charge is 2.26. The molecule has 0 aliphatic heterocycles. The third-order valence-corrected chi connectivity index (χ3v) is 4.83. The molecule has 4 rings (SSSR count). The first-order chi connectivity index (χ1) is 12.0. The molecule has 3 aromatic rings. The Kier molecular flexibility index (Phi) is 3.82. The lowest BCUT2D eigenvalue weighted by Crippen LogP contribution is -2.30. The van der Waals surface area contributed by atoms with E-state index in [1.165, 1.54) is 0 Å². The molecule has 0 aromatic carbocycles. The second-order valence-electron chi connectivity index (χ2n) is 6.91. The van der Waals surface area contributed by atoms with Crippen LogP contribution in [0.3, 0.4) is 0 Å². The molecule has 3 aromatic heterocycles. The average molecular weight is 339 g/mol. The van der Waals surface area contributed by atoms with E-state index in [4.69, 9.17) is 8.94 Å². The second-order valence-corrected chi connectivity index (χ2v) is 6.91. The van der Waals surface area contributed by atoms with Crippen LogP contribution in [0.1, 0.15) is 71.7 Å². The largest absolute Gasteiger partial charge is 0.469 e. The number of furan rings is 1. The second kappa shape index (κ2) is 6.02. The zero-order valence-corrected chi connectivity index (χ0v) is 14.6. The molecule has 1 aliphatic carbocycles. The third kappa shape index (κ3) is 2.71. The van der Waals surface area contributed by atoms with Crippen LogP contribution in [-0.4, -0.2) is 16.0 Å². The Bertz CT molecular complexity index is 939. The van der Waals surface area contributed by atoms with Crippen molar-refractivity contribution in [3.8, 4) is 0 Å². The van der Waals surface area contributed by atoms with Crippen molar-refractivity contribution in [2.45, 2.75) is 52.0 Å². The van der Waals surface area contributed by atoms with Crippen molar-refractivity contribution >= 4 is 17.0 Å². The van der Waals surface area contributed by atoms with Gasteiger partial charge in [0.25, 0.3) is 11.6 Å². The summed E-state index contributed by atoms with van der Waals surface area (Å²) in [6, 6.07) is 3.78. The first kappa shape index (κ1) is 15.9. The lowest BCUT2D eigenvalue weighted by atomic mass is 9.93. The van der Waals surface area contributed by atoms with Crippen LogP contribution >= 0.6 is 0 Å². The Balaban J connectivity index is 1.72. The summed E-state index contributed by atoms with van der Waals surface area (Å²) >= 11 is 0. The zero-order valence-electron chi connectivity index (χ0n) is 14.6. The van der Waals surface area contributed by atoms with Crippen LogP contribution in [-0.2, 0) is 6.42 Å². The number of hydrogen-bond donors (Lipinski definition) is 1. The van der Waals surface area contributed by atoms with Crippen LogP contribution in [0.15, 0.2) is 27.3 Å². The molecule has 1 aliphatic rings. The van der Waals surface area contributed by atoms with Gasteiger partial charge >= 0.3 is 0 Å². The molecular weight excluding hydrogens is 318 g/mol. The van der Waals surface area contributed by atoms with E-state index in [0.29, 0.717) is 22.4 Å². The molecule has 0 spiro atoms. The number of nitrogens with zero attached hydrogens (tertiary/aromatic N) is 2. The van der Waals surface area contributed by atoms with Crippen molar-refractivity contribution in [2.24, 2.45) is 0 Å².